The lowest BCUT2D eigenvalue weighted by Crippen LogP contribution is -2.57. The summed E-state index contributed by atoms with van der Waals surface area (Å²) in [4.78, 5) is 6.93. The van der Waals surface area contributed by atoms with E-state index in [0.29, 0.717) is 0 Å². The standard InChI is InChI=1S/C22H35ClN4O2/c1-21(2,27-9-13-29-14-10-27)16-25-20(24-3)26-17-22(7-11-28-12-8-22)18-5-4-6-19(23)15-18/h4-6,15H,7-14,16-17H2,1-3H3,(H2,24,25,26). The molecule has 3 rings (SSSR count). The number of guanidine groups is 1. The third-order valence-corrected chi connectivity index (χ3v) is 6.50. The molecule has 0 radical (unpaired) electrons. The van der Waals surface area contributed by atoms with Gasteiger partial charge >= 0.3 is 0 Å². The van der Waals surface area contributed by atoms with E-state index in [-0.39, 0.29) is 11.0 Å². The van der Waals surface area contributed by atoms with Crippen LogP contribution in [0, 0.1) is 0 Å². The van der Waals surface area contributed by atoms with E-state index >= 15 is 0 Å². The maximum absolute atomic E-state index is 6.29. The molecule has 2 aliphatic heterocycles. The summed E-state index contributed by atoms with van der Waals surface area (Å²) in [6.45, 7) is 11.2. The van der Waals surface area contributed by atoms with Crippen molar-refractivity contribution in [2.45, 2.75) is 37.6 Å². The van der Waals surface area contributed by atoms with Gasteiger partial charge in [0.1, 0.15) is 0 Å². The molecule has 0 bridgehead atoms. The number of rotatable bonds is 6. The monoisotopic (exact) mass is 422 g/mol. The largest absolute Gasteiger partial charge is 0.381 e. The van der Waals surface area contributed by atoms with E-state index in [4.69, 9.17) is 21.1 Å². The summed E-state index contributed by atoms with van der Waals surface area (Å²) in [5.41, 5.74) is 1.30. The van der Waals surface area contributed by atoms with Gasteiger partial charge in [-0.05, 0) is 44.4 Å². The lowest BCUT2D eigenvalue weighted by Gasteiger charge is -2.41. The Hall–Kier alpha value is -1.34. The van der Waals surface area contributed by atoms with Crippen molar-refractivity contribution in [1.29, 1.82) is 0 Å². The van der Waals surface area contributed by atoms with E-state index < -0.39 is 0 Å². The minimum atomic E-state index is 0.000493. The van der Waals surface area contributed by atoms with Crippen LogP contribution >= 0.6 is 11.6 Å². The molecule has 2 aliphatic rings. The van der Waals surface area contributed by atoms with Crippen LogP contribution in [0.2, 0.25) is 5.02 Å². The van der Waals surface area contributed by atoms with Crippen LogP contribution in [0.3, 0.4) is 0 Å². The van der Waals surface area contributed by atoms with Gasteiger partial charge in [0, 0.05) is 62.4 Å². The zero-order chi connectivity index (χ0) is 20.7. The molecule has 0 unspecified atom stereocenters. The molecule has 0 saturated carbocycles. The van der Waals surface area contributed by atoms with Crippen molar-refractivity contribution in [2.75, 3.05) is 59.7 Å². The zero-order valence-electron chi connectivity index (χ0n) is 18.0. The Morgan fingerprint density at radius 1 is 1.14 bits per heavy atom. The van der Waals surface area contributed by atoms with Crippen molar-refractivity contribution in [2.24, 2.45) is 4.99 Å². The molecule has 2 heterocycles. The maximum Gasteiger partial charge on any atom is 0.191 e. The van der Waals surface area contributed by atoms with Gasteiger partial charge in [0.05, 0.1) is 13.2 Å². The number of morpholine rings is 1. The Morgan fingerprint density at radius 3 is 2.48 bits per heavy atom. The van der Waals surface area contributed by atoms with Crippen molar-refractivity contribution in [3.63, 3.8) is 0 Å². The van der Waals surface area contributed by atoms with Crippen LogP contribution in [0.1, 0.15) is 32.3 Å². The molecule has 162 valence electrons. The van der Waals surface area contributed by atoms with Crippen LogP contribution in [0.5, 0.6) is 0 Å². The number of nitrogens with one attached hydrogen (secondary N) is 2. The Balaban J connectivity index is 1.62. The smallest absolute Gasteiger partial charge is 0.191 e. The van der Waals surface area contributed by atoms with Crippen LogP contribution in [0.4, 0.5) is 0 Å². The molecule has 29 heavy (non-hydrogen) atoms. The van der Waals surface area contributed by atoms with Crippen molar-refractivity contribution in [3.8, 4) is 0 Å². The number of benzene rings is 1. The highest BCUT2D eigenvalue weighted by Gasteiger charge is 2.35. The molecule has 0 spiro atoms. The fourth-order valence-corrected chi connectivity index (χ4v) is 4.39. The molecule has 1 aromatic rings. The maximum atomic E-state index is 6.29. The minimum absolute atomic E-state index is 0.000493. The fraction of sp³-hybridized carbons (Fsp3) is 0.682. The van der Waals surface area contributed by atoms with Crippen molar-refractivity contribution in [3.05, 3.63) is 34.9 Å². The van der Waals surface area contributed by atoms with Gasteiger partial charge in [-0.1, -0.05) is 23.7 Å². The summed E-state index contributed by atoms with van der Waals surface area (Å²) < 4.78 is 11.1. The minimum Gasteiger partial charge on any atom is -0.381 e. The van der Waals surface area contributed by atoms with E-state index in [1.54, 1.807) is 0 Å². The molecule has 6 nitrogen and oxygen atoms in total. The molecule has 2 fully saturated rings. The van der Waals surface area contributed by atoms with Crippen LogP contribution in [0.25, 0.3) is 0 Å². The van der Waals surface area contributed by atoms with Crippen molar-refractivity contribution >= 4 is 17.6 Å². The second-order valence-corrected chi connectivity index (χ2v) is 9.03. The van der Waals surface area contributed by atoms with E-state index in [1.807, 2.05) is 19.2 Å². The Bertz CT molecular complexity index is 683. The lowest BCUT2D eigenvalue weighted by atomic mass is 9.74. The topological polar surface area (TPSA) is 58.1 Å². The van der Waals surface area contributed by atoms with Crippen LogP contribution in [-0.4, -0.2) is 76.1 Å². The Kier molecular flexibility index (Phi) is 7.79. The highest BCUT2D eigenvalue weighted by Crippen LogP contribution is 2.35. The van der Waals surface area contributed by atoms with Gasteiger partial charge in [-0.25, -0.2) is 0 Å². The highest BCUT2D eigenvalue weighted by atomic mass is 35.5. The summed E-state index contributed by atoms with van der Waals surface area (Å²) in [6, 6.07) is 8.23. The molecular weight excluding hydrogens is 388 g/mol. The first kappa shape index (κ1) is 22.3. The fourth-order valence-electron chi connectivity index (χ4n) is 4.20. The molecule has 2 N–H and O–H groups in total. The third-order valence-electron chi connectivity index (χ3n) is 6.26. The summed E-state index contributed by atoms with van der Waals surface area (Å²) >= 11 is 6.29. The average molecular weight is 423 g/mol. The second-order valence-electron chi connectivity index (χ2n) is 8.59. The third kappa shape index (κ3) is 5.85. The van der Waals surface area contributed by atoms with Gasteiger partial charge in [0.2, 0.25) is 0 Å². The van der Waals surface area contributed by atoms with Crippen LogP contribution in [0.15, 0.2) is 29.3 Å². The summed E-state index contributed by atoms with van der Waals surface area (Å²) in [5, 5.41) is 7.88. The Morgan fingerprint density at radius 2 is 1.83 bits per heavy atom. The molecule has 0 aliphatic carbocycles. The van der Waals surface area contributed by atoms with Crippen LogP contribution in [-0.2, 0) is 14.9 Å². The van der Waals surface area contributed by atoms with E-state index in [1.165, 1.54) is 5.56 Å². The second kappa shape index (κ2) is 10.1. The number of ether oxygens (including phenoxy) is 2. The van der Waals surface area contributed by atoms with Crippen LogP contribution < -0.4 is 10.6 Å². The quantitative estimate of drug-likeness (QED) is 0.545. The van der Waals surface area contributed by atoms with E-state index in [0.717, 1.165) is 76.4 Å². The summed E-state index contributed by atoms with van der Waals surface area (Å²) in [7, 11) is 1.83. The highest BCUT2D eigenvalue weighted by molar-refractivity contribution is 6.30. The molecule has 0 amide bonds. The van der Waals surface area contributed by atoms with Gasteiger partial charge < -0.3 is 20.1 Å². The van der Waals surface area contributed by atoms with E-state index in [2.05, 4.69) is 46.5 Å². The summed E-state index contributed by atoms with van der Waals surface area (Å²) in [5.74, 6) is 0.833. The number of hydrogen-bond donors (Lipinski definition) is 2. The lowest BCUT2D eigenvalue weighted by molar-refractivity contribution is -0.00835. The average Bonchev–Trinajstić information content (AvgIpc) is 2.75. The van der Waals surface area contributed by atoms with E-state index in [9.17, 15) is 0 Å². The van der Waals surface area contributed by atoms with Gasteiger partial charge in [-0.3, -0.25) is 9.89 Å². The zero-order valence-corrected chi connectivity index (χ0v) is 18.7. The van der Waals surface area contributed by atoms with Gasteiger partial charge in [-0.15, -0.1) is 0 Å². The number of nitrogens with zero attached hydrogens (tertiary/aromatic N) is 2. The first-order chi connectivity index (χ1) is 14.0. The molecule has 2 saturated heterocycles. The number of halogens is 1. The predicted octanol–water partition coefficient (Wildman–Crippen LogP) is 2.66. The molecular formula is C22H35ClN4O2. The molecule has 0 aromatic heterocycles. The van der Waals surface area contributed by atoms with Gasteiger partial charge in [0.15, 0.2) is 5.96 Å². The number of aliphatic imine (C=N–C) groups is 1. The predicted molar refractivity (Wildman–Crippen MR) is 119 cm³/mol. The first-order valence-electron chi connectivity index (χ1n) is 10.6. The SMILES string of the molecule is CN=C(NCC1(c2cccc(Cl)c2)CCOCC1)NCC(C)(C)N1CCOCC1. The number of hydrogen-bond acceptors (Lipinski definition) is 4. The van der Waals surface area contributed by atoms with Gasteiger partial charge in [0.25, 0.3) is 0 Å². The van der Waals surface area contributed by atoms with Crippen molar-refractivity contribution < 1.29 is 9.47 Å². The normalized spacial score (nSPS) is 21.0. The van der Waals surface area contributed by atoms with Gasteiger partial charge in [-0.2, -0.15) is 0 Å². The molecule has 1 aromatic carbocycles. The van der Waals surface area contributed by atoms with Crippen molar-refractivity contribution in [1.82, 2.24) is 15.5 Å². The Labute approximate surface area is 180 Å². The molecule has 7 heteroatoms. The first-order valence-corrected chi connectivity index (χ1v) is 10.9. The molecule has 0 atom stereocenters. The summed E-state index contributed by atoms with van der Waals surface area (Å²) in [6.07, 6.45) is 1.94.